The zero-order valence-corrected chi connectivity index (χ0v) is 10.6. The Hall–Kier alpha value is -0.520. The molecule has 1 saturated carbocycles. The standard InChI is InChI=1S/C11H19N3OS/c1-2-15-6-5-11(3-4-11)9-12-7-10-8-16-14-13-10/h8,12H,2-7,9H2,1H3. The second-order valence-corrected chi connectivity index (χ2v) is 5.06. The first kappa shape index (κ1) is 12.0. The second kappa shape index (κ2) is 5.70. The first-order valence-corrected chi connectivity index (χ1v) is 6.73. The summed E-state index contributed by atoms with van der Waals surface area (Å²) in [6, 6.07) is 0. The molecule has 16 heavy (non-hydrogen) atoms. The topological polar surface area (TPSA) is 47.0 Å². The molecular weight excluding hydrogens is 222 g/mol. The zero-order valence-electron chi connectivity index (χ0n) is 9.74. The van der Waals surface area contributed by atoms with E-state index < -0.39 is 0 Å². The maximum absolute atomic E-state index is 5.41. The smallest absolute Gasteiger partial charge is 0.0893 e. The molecule has 1 aliphatic carbocycles. The van der Waals surface area contributed by atoms with Crippen molar-refractivity contribution < 1.29 is 4.74 Å². The molecule has 0 radical (unpaired) electrons. The molecule has 0 atom stereocenters. The van der Waals surface area contributed by atoms with E-state index in [9.17, 15) is 0 Å². The Balaban J connectivity index is 1.62. The van der Waals surface area contributed by atoms with Gasteiger partial charge in [0.1, 0.15) is 0 Å². The van der Waals surface area contributed by atoms with Crippen LogP contribution in [0.3, 0.4) is 0 Å². The van der Waals surface area contributed by atoms with Crippen LogP contribution in [0, 0.1) is 5.41 Å². The fraction of sp³-hybridized carbons (Fsp3) is 0.818. The van der Waals surface area contributed by atoms with Gasteiger partial charge in [-0.3, -0.25) is 0 Å². The van der Waals surface area contributed by atoms with E-state index in [1.807, 2.05) is 12.3 Å². The number of rotatable bonds is 8. The molecule has 1 N–H and O–H groups in total. The highest BCUT2D eigenvalue weighted by Crippen LogP contribution is 2.48. The summed E-state index contributed by atoms with van der Waals surface area (Å²) in [5.74, 6) is 0. The van der Waals surface area contributed by atoms with E-state index in [0.29, 0.717) is 5.41 Å². The first-order chi connectivity index (χ1) is 7.85. The lowest BCUT2D eigenvalue weighted by molar-refractivity contribution is 0.127. The largest absolute Gasteiger partial charge is 0.382 e. The number of hydrogen-bond acceptors (Lipinski definition) is 5. The summed E-state index contributed by atoms with van der Waals surface area (Å²) < 4.78 is 9.26. The van der Waals surface area contributed by atoms with Crippen LogP contribution in [0.15, 0.2) is 5.38 Å². The van der Waals surface area contributed by atoms with Crippen molar-refractivity contribution in [2.45, 2.75) is 32.7 Å². The summed E-state index contributed by atoms with van der Waals surface area (Å²) in [6.07, 6.45) is 3.86. The molecule has 0 aliphatic heterocycles. The van der Waals surface area contributed by atoms with Crippen LogP contribution in [0.4, 0.5) is 0 Å². The van der Waals surface area contributed by atoms with Crippen LogP contribution < -0.4 is 5.32 Å². The van der Waals surface area contributed by atoms with Crippen molar-refractivity contribution >= 4 is 11.5 Å². The molecule has 1 aromatic rings. The molecule has 0 aromatic carbocycles. The van der Waals surface area contributed by atoms with Gasteiger partial charge < -0.3 is 10.1 Å². The lowest BCUT2D eigenvalue weighted by atomic mass is 10.0. The van der Waals surface area contributed by atoms with Gasteiger partial charge in [-0.15, -0.1) is 5.10 Å². The average molecular weight is 241 g/mol. The minimum absolute atomic E-state index is 0.513. The molecule has 0 unspecified atom stereocenters. The van der Waals surface area contributed by atoms with E-state index in [0.717, 1.165) is 32.0 Å². The van der Waals surface area contributed by atoms with Crippen molar-refractivity contribution in [3.63, 3.8) is 0 Å². The molecule has 4 nitrogen and oxygen atoms in total. The maximum atomic E-state index is 5.41. The predicted octanol–water partition coefficient (Wildman–Crippen LogP) is 1.83. The molecule has 0 saturated heterocycles. The lowest BCUT2D eigenvalue weighted by Crippen LogP contribution is -2.24. The Bertz CT molecular complexity index is 298. The highest BCUT2D eigenvalue weighted by atomic mass is 32.1. The molecule has 90 valence electrons. The Kier molecular flexibility index (Phi) is 4.26. The molecule has 1 aromatic heterocycles. The summed E-state index contributed by atoms with van der Waals surface area (Å²) in [4.78, 5) is 0. The Morgan fingerprint density at radius 2 is 2.44 bits per heavy atom. The zero-order chi connectivity index (χ0) is 11.3. The molecule has 0 spiro atoms. The highest BCUT2D eigenvalue weighted by molar-refractivity contribution is 7.03. The van der Waals surface area contributed by atoms with Crippen molar-refractivity contribution in [3.8, 4) is 0 Å². The number of nitrogens with zero attached hydrogens (tertiary/aromatic N) is 2. The Morgan fingerprint density at radius 3 is 3.06 bits per heavy atom. The van der Waals surface area contributed by atoms with Crippen molar-refractivity contribution in [1.29, 1.82) is 0 Å². The number of aromatic nitrogens is 2. The number of nitrogens with one attached hydrogen (secondary N) is 1. The maximum Gasteiger partial charge on any atom is 0.0893 e. The van der Waals surface area contributed by atoms with Gasteiger partial charge in [-0.1, -0.05) is 4.49 Å². The average Bonchev–Trinajstić information content (AvgIpc) is 2.86. The van der Waals surface area contributed by atoms with Crippen LogP contribution in [0.1, 0.15) is 31.9 Å². The van der Waals surface area contributed by atoms with E-state index in [1.165, 1.54) is 30.8 Å². The van der Waals surface area contributed by atoms with Crippen molar-refractivity contribution in [2.24, 2.45) is 5.41 Å². The fourth-order valence-electron chi connectivity index (χ4n) is 1.84. The minimum atomic E-state index is 0.513. The third-order valence-corrected chi connectivity index (χ3v) is 3.70. The van der Waals surface area contributed by atoms with Gasteiger partial charge in [0.2, 0.25) is 0 Å². The highest BCUT2D eigenvalue weighted by Gasteiger charge is 2.41. The van der Waals surface area contributed by atoms with E-state index >= 15 is 0 Å². The van der Waals surface area contributed by atoms with Gasteiger partial charge in [0.15, 0.2) is 0 Å². The second-order valence-electron chi connectivity index (χ2n) is 4.45. The Labute approximate surface area is 101 Å². The summed E-state index contributed by atoms with van der Waals surface area (Å²) in [5, 5.41) is 9.47. The molecule has 1 heterocycles. The molecule has 1 aliphatic rings. The predicted molar refractivity (Wildman–Crippen MR) is 64.4 cm³/mol. The fourth-order valence-corrected chi connectivity index (χ4v) is 2.29. The monoisotopic (exact) mass is 241 g/mol. The lowest BCUT2D eigenvalue weighted by Gasteiger charge is -2.15. The van der Waals surface area contributed by atoms with Crippen LogP contribution >= 0.6 is 11.5 Å². The Morgan fingerprint density at radius 1 is 1.56 bits per heavy atom. The molecule has 1 fully saturated rings. The number of hydrogen-bond donors (Lipinski definition) is 1. The SMILES string of the molecule is CCOCCC1(CNCc2csnn2)CC1. The van der Waals surface area contributed by atoms with E-state index in [-0.39, 0.29) is 0 Å². The molecule has 0 amide bonds. The normalized spacial score (nSPS) is 17.6. The molecule has 2 rings (SSSR count). The summed E-state index contributed by atoms with van der Waals surface area (Å²) in [5.41, 5.74) is 1.56. The molecule has 5 heteroatoms. The first-order valence-electron chi connectivity index (χ1n) is 5.89. The van der Waals surface area contributed by atoms with E-state index in [1.54, 1.807) is 0 Å². The van der Waals surface area contributed by atoms with Crippen LogP contribution in [0.5, 0.6) is 0 Å². The van der Waals surface area contributed by atoms with Crippen molar-refractivity contribution in [2.75, 3.05) is 19.8 Å². The van der Waals surface area contributed by atoms with Gasteiger partial charge in [0.25, 0.3) is 0 Å². The van der Waals surface area contributed by atoms with Crippen LogP contribution in [-0.2, 0) is 11.3 Å². The quantitative estimate of drug-likeness (QED) is 0.705. The third kappa shape index (κ3) is 3.50. The van der Waals surface area contributed by atoms with Gasteiger partial charge in [0, 0.05) is 31.7 Å². The number of ether oxygens (including phenoxy) is 1. The van der Waals surface area contributed by atoms with Gasteiger partial charge >= 0.3 is 0 Å². The van der Waals surface area contributed by atoms with Crippen molar-refractivity contribution in [3.05, 3.63) is 11.1 Å². The summed E-state index contributed by atoms with van der Waals surface area (Å²) in [7, 11) is 0. The van der Waals surface area contributed by atoms with Crippen LogP contribution in [0.25, 0.3) is 0 Å². The summed E-state index contributed by atoms with van der Waals surface area (Å²) in [6.45, 7) is 5.70. The van der Waals surface area contributed by atoms with E-state index in [2.05, 4.69) is 14.9 Å². The van der Waals surface area contributed by atoms with Crippen LogP contribution in [-0.4, -0.2) is 29.3 Å². The third-order valence-electron chi connectivity index (χ3n) is 3.15. The van der Waals surface area contributed by atoms with Crippen LogP contribution in [0.2, 0.25) is 0 Å². The molecular formula is C11H19N3OS. The van der Waals surface area contributed by atoms with Gasteiger partial charge in [-0.2, -0.15) is 0 Å². The van der Waals surface area contributed by atoms with E-state index in [4.69, 9.17) is 4.74 Å². The minimum Gasteiger partial charge on any atom is -0.382 e. The van der Waals surface area contributed by atoms with Gasteiger partial charge in [0.05, 0.1) is 5.69 Å². The molecule has 0 bridgehead atoms. The van der Waals surface area contributed by atoms with Gasteiger partial charge in [-0.05, 0) is 43.1 Å². The van der Waals surface area contributed by atoms with Crippen molar-refractivity contribution in [1.82, 2.24) is 14.9 Å². The van der Waals surface area contributed by atoms with Gasteiger partial charge in [-0.25, -0.2) is 0 Å². The summed E-state index contributed by atoms with van der Waals surface area (Å²) >= 11 is 1.41.